The van der Waals surface area contributed by atoms with E-state index in [4.69, 9.17) is 0 Å². The Morgan fingerprint density at radius 3 is 2.71 bits per heavy atom. The molecule has 1 aromatic carbocycles. The van der Waals surface area contributed by atoms with Gasteiger partial charge in [0.2, 0.25) is 0 Å². The van der Waals surface area contributed by atoms with E-state index in [1.165, 1.54) is 38.2 Å². The first kappa shape index (κ1) is 17.0. The molecule has 1 fully saturated rings. The van der Waals surface area contributed by atoms with Gasteiger partial charge in [-0.2, -0.15) is 13.2 Å². The molecule has 1 saturated carbocycles. The van der Waals surface area contributed by atoms with Gasteiger partial charge in [-0.3, -0.25) is 0 Å². The molecule has 0 amide bonds. The van der Waals surface area contributed by atoms with E-state index >= 15 is 0 Å². The second-order valence-electron chi connectivity index (χ2n) is 6.45. The molecule has 24 heavy (non-hydrogen) atoms. The number of H-pyrrole nitrogens is 1. The Labute approximate surface area is 139 Å². The van der Waals surface area contributed by atoms with Crippen molar-refractivity contribution in [2.75, 3.05) is 6.54 Å². The van der Waals surface area contributed by atoms with Gasteiger partial charge in [-0.25, -0.2) is 4.98 Å². The van der Waals surface area contributed by atoms with Gasteiger partial charge >= 0.3 is 6.18 Å². The lowest BCUT2D eigenvalue weighted by atomic mass is 9.89. The maximum atomic E-state index is 12.8. The minimum absolute atomic E-state index is 0.472. The number of aromatic nitrogens is 2. The van der Waals surface area contributed by atoms with Gasteiger partial charge in [0.1, 0.15) is 5.82 Å². The molecular formula is C18H22F3N3. The Morgan fingerprint density at radius 2 is 1.96 bits per heavy atom. The van der Waals surface area contributed by atoms with Crippen molar-refractivity contribution >= 4 is 0 Å². The fourth-order valence-electron chi connectivity index (χ4n) is 3.24. The number of hydrogen-bond donors (Lipinski definition) is 2. The smallest absolute Gasteiger partial charge is 0.347 e. The molecule has 0 bridgehead atoms. The molecule has 6 heteroatoms. The maximum Gasteiger partial charge on any atom is 0.416 e. The van der Waals surface area contributed by atoms with Crippen LogP contribution in [0.2, 0.25) is 0 Å². The predicted molar refractivity (Wildman–Crippen MR) is 87.3 cm³/mol. The van der Waals surface area contributed by atoms with Crippen LogP contribution in [0.4, 0.5) is 13.2 Å². The Hall–Kier alpha value is -1.82. The summed E-state index contributed by atoms with van der Waals surface area (Å²) in [6, 6.07) is 5.26. The predicted octanol–water partition coefficient (Wildman–Crippen LogP) is 4.77. The third-order valence-electron chi connectivity index (χ3n) is 4.57. The topological polar surface area (TPSA) is 40.7 Å². The lowest BCUT2D eigenvalue weighted by Crippen LogP contribution is -2.24. The lowest BCUT2D eigenvalue weighted by Gasteiger charge is -2.21. The van der Waals surface area contributed by atoms with Crippen LogP contribution in [0.3, 0.4) is 0 Å². The molecule has 3 nitrogen and oxygen atoms in total. The summed E-state index contributed by atoms with van der Waals surface area (Å²) >= 11 is 0. The third kappa shape index (κ3) is 4.38. The van der Waals surface area contributed by atoms with Crippen molar-refractivity contribution < 1.29 is 13.2 Å². The van der Waals surface area contributed by atoms with Gasteiger partial charge in [-0.05, 0) is 37.4 Å². The minimum atomic E-state index is -4.34. The molecule has 0 radical (unpaired) electrons. The number of alkyl halides is 3. The van der Waals surface area contributed by atoms with E-state index in [1.54, 1.807) is 12.3 Å². The van der Waals surface area contributed by atoms with Gasteiger partial charge in [0.25, 0.3) is 0 Å². The second kappa shape index (κ2) is 7.38. The number of imidazole rings is 1. The summed E-state index contributed by atoms with van der Waals surface area (Å²) in [6.45, 7) is 1.58. The summed E-state index contributed by atoms with van der Waals surface area (Å²) in [5.41, 5.74) is 0.357. The quantitative estimate of drug-likeness (QED) is 0.825. The number of halogens is 3. The molecule has 1 aromatic heterocycles. The molecule has 3 rings (SSSR count). The Balaban J connectivity index is 1.59. The van der Waals surface area contributed by atoms with Crippen LogP contribution < -0.4 is 5.32 Å². The molecule has 0 unspecified atom stereocenters. The highest BCUT2D eigenvalue weighted by Gasteiger charge is 2.30. The second-order valence-corrected chi connectivity index (χ2v) is 6.45. The van der Waals surface area contributed by atoms with Crippen molar-refractivity contribution in [2.24, 2.45) is 5.92 Å². The zero-order chi connectivity index (χ0) is 17.0. The van der Waals surface area contributed by atoms with Crippen LogP contribution in [0.25, 0.3) is 11.3 Å². The summed E-state index contributed by atoms with van der Waals surface area (Å²) in [7, 11) is 0. The first-order chi connectivity index (χ1) is 11.5. The van der Waals surface area contributed by atoms with E-state index in [2.05, 4.69) is 15.3 Å². The number of nitrogens with zero attached hydrogens (tertiary/aromatic N) is 1. The fraction of sp³-hybridized carbons (Fsp3) is 0.500. The number of nitrogens with one attached hydrogen (secondary N) is 2. The van der Waals surface area contributed by atoms with Crippen molar-refractivity contribution in [1.29, 1.82) is 0 Å². The minimum Gasteiger partial charge on any atom is -0.347 e. The molecule has 2 aromatic rings. The standard InChI is InChI=1S/C18H22F3N3/c19-18(20,21)15-8-4-7-14(9-15)16-11-23-17(24-16)12-22-10-13-5-2-1-3-6-13/h4,7-9,11,13,22H,1-3,5-6,10,12H2,(H,23,24). The van der Waals surface area contributed by atoms with Crippen molar-refractivity contribution in [2.45, 2.75) is 44.8 Å². The van der Waals surface area contributed by atoms with Crippen LogP contribution in [0.1, 0.15) is 43.5 Å². The summed E-state index contributed by atoms with van der Waals surface area (Å²) < 4.78 is 38.4. The van der Waals surface area contributed by atoms with E-state index in [0.29, 0.717) is 17.8 Å². The van der Waals surface area contributed by atoms with Crippen molar-refractivity contribution in [3.8, 4) is 11.3 Å². The molecule has 0 saturated heterocycles. The molecule has 1 aliphatic carbocycles. The zero-order valence-electron chi connectivity index (χ0n) is 13.5. The van der Waals surface area contributed by atoms with Crippen LogP contribution in [-0.2, 0) is 12.7 Å². The fourth-order valence-corrected chi connectivity index (χ4v) is 3.24. The third-order valence-corrected chi connectivity index (χ3v) is 4.57. The Kier molecular flexibility index (Phi) is 5.23. The highest BCUT2D eigenvalue weighted by atomic mass is 19.4. The highest BCUT2D eigenvalue weighted by Crippen LogP contribution is 2.31. The first-order valence-corrected chi connectivity index (χ1v) is 8.45. The molecule has 2 N–H and O–H groups in total. The summed E-state index contributed by atoms with van der Waals surface area (Å²) in [5.74, 6) is 1.48. The van der Waals surface area contributed by atoms with Gasteiger partial charge in [0.05, 0.1) is 17.8 Å². The SMILES string of the molecule is FC(F)(F)c1cccc(-c2c[nH]c(CNCC3CCCCC3)n2)c1. The van der Waals surface area contributed by atoms with Crippen LogP contribution in [0, 0.1) is 5.92 Å². The largest absolute Gasteiger partial charge is 0.416 e. The number of rotatable bonds is 5. The molecule has 0 atom stereocenters. The van der Waals surface area contributed by atoms with Crippen LogP contribution in [0.5, 0.6) is 0 Å². The summed E-state index contributed by atoms with van der Waals surface area (Å²) in [4.78, 5) is 7.45. The van der Waals surface area contributed by atoms with Crippen LogP contribution in [-0.4, -0.2) is 16.5 Å². The maximum absolute atomic E-state index is 12.8. The van der Waals surface area contributed by atoms with E-state index in [-0.39, 0.29) is 0 Å². The van der Waals surface area contributed by atoms with Crippen molar-refractivity contribution in [3.63, 3.8) is 0 Å². The van der Waals surface area contributed by atoms with Crippen LogP contribution in [0.15, 0.2) is 30.5 Å². The Bertz CT molecular complexity index is 658. The van der Waals surface area contributed by atoms with E-state index < -0.39 is 11.7 Å². The molecular weight excluding hydrogens is 315 g/mol. The van der Waals surface area contributed by atoms with Crippen molar-refractivity contribution in [3.05, 3.63) is 41.9 Å². The molecule has 0 aliphatic heterocycles. The van der Waals surface area contributed by atoms with Crippen LogP contribution >= 0.6 is 0 Å². The highest BCUT2D eigenvalue weighted by molar-refractivity contribution is 5.59. The van der Waals surface area contributed by atoms with Gasteiger partial charge < -0.3 is 10.3 Å². The zero-order valence-corrected chi connectivity index (χ0v) is 13.5. The Morgan fingerprint density at radius 1 is 1.17 bits per heavy atom. The summed E-state index contributed by atoms with van der Waals surface area (Å²) in [5, 5.41) is 3.40. The molecule has 1 aliphatic rings. The molecule has 130 valence electrons. The average molecular weight is 337 g/mol. The summed E-state index contributed by atoms with van der Waals surface area (Å²) in [6.07, 6.45) is 3.85. The molecule has 1 heterocycles. The lowest BCUT2D eigenvalue weighted by molar-refractivity contribution is -0.137. The molecule has 0 spiro atoms. The normalized spacial score (nSPS) is 16.5. The van der Waals surface area contributed by atoms with Gasteiger partial charge in [-0.1, -0.05) is 31.4 Å². The van der Waals surface area contributed by atoms with Crippen molar-refractivity contribution in [1.82, 2.24) is 15.3 Å². The number of aromatic amines is 1. The van der Waals surface area contributed by atoms with E-state index in [0.717, 1.165) is 30.4 Å². The van der Waals surface area contributed by atoms with Gasteiger partial charge in [0, 0.05) is 11.8 Å². The average Bonchev–Trinajstić information content (AvgIpc) is 3.04. The number of hydrogen-bond acceptors (Lipinski definition) is 2. The first-order valence-electron chi connectivity index (χ1n) is 8.45. The van der Waals surface area contributed by atoms with E-state index in [1.807, 2.05) is 0 Å². The van der Waals surface area contributed by atoms with E-state index in [9.17, 15) is 13.2 Å². The van der Waals surface area contributed by atoms with Gasteiger partial charge in [0.15, 0.2) is 0 Å². The monoisotopic (exact) mass is 337 g/mol. The number of benzene rings is 1. The van der Waals surface area contributed by atoms with Gasteiger partial charge in [-0.15, -0.1) is 0 Å².